The smallest absolute Gasteiger partial charge is 0.339 e. The van der Waals surface area contributed by atoms with Crippen LogP contribution < -0.4 is 0 Å². The van der Waals surface area contributed by atoms with Gasteiger partial charge in [0.25, 0.3) is 0 Å². The summed E-state index contributed by atoms with van der Waals surface area (Å²) in [6, 6.07) is 2.09. The molecule has 5 heteroatoms. The second-order valence-electron chi connectivity index (χ2n) is 2.78. The highest BCUT2D eigenvalue weighted by Gasteiger charge is 2.13. The molecule has 1 rings (SSSR count). The van der Waals surface area contributed by atoms with Crippen molar-refractivity contribution >= 4 is 5.97 Å². The van der Waals surface area contributed by atoms with Crippen LogP contribution in [0.25, 0.3) is 0 Å². The number of carboxylic acid groups (broad SMARTS) is 1. The summed E-state index contributed by atoms with van der Waals surface area (Å²) in [4.78, 5) is 10.6. The average Bonchev–Trinajstić information content (AvgIpc) is 2.09. The van der Waals surface area contributed by atoms with E-state index in [1.54, 1.807) is 0 Å². The quantitative estimate of drug-likeness (QED) is 0.561. The van der Waals surface area contributed by atoms with Gasteiger partial charge >= 0.3 is 5.97 Å². The second kappa shape index (κ2) is 3.97. The van der Waals surface area contributed by atoms with E-state index in [4.69, 9.17) is 15.3 Å². The number of aliphatic hydroxyl groups excluding tert-OH is 1. The van der Waals surface area contributed by atoms with E-state index in [0.29, 0.717) is 5.56 Å². The fourth-order valence-corrected chi connectivity index (χ4v) is 1.11. The van der Waals surface area contributed by atoms with E-state index in [1.807, 2.05) is 0 Å². The summed E-state index contributed by atoms with van der Waals surface area (Å²) in [5.74, 6) is -1.99. The Kier molecular flexibility index (Phi) is 2.93. The lowest BCUT2D eigenvalue weighted by atomic mass is 10.1. The summed E-state index contributed by atoms with van der Waals surface area (Å²) < 4.78 is 0. The number of benzene rings is 1. The Hall–Kier alpha value is -1.75. The monoisotopic (exact) mass is 198 g/mol. The van der Waals surface area contributed by atoms with E-state index >= 15 is 0 Å². The number of phenolic OH excluding ortho intramolecular Hbond substituents is 1. The van der Waals surface area contributed by atoms with Crippen molar-refractivity contribution in [3.8, 4) is 11.5 Å². The maximum atomic E-state index is 10.6. The van der Waals surface area contributed by atoms with Crippen molar-refractivity contribution in [1.82, 2.24) is 0 Å². The van der Waals surface area contributed by atoms with Crippen LogP contribution in [0.3, 0.4) is 0 Å². The minimum atomic E-state index is -1.28. The summed E-state index contributed by atoms with van der Waals surface area (Å²) >= 11 is 0. The molecule has 5 nitrogen and oxygen atoms in total. The topological polar surface area (TPSA) is 98.0 Å². The van der Waals surface area contributed by atoms with Crippen LogP contribution in [0.5, 0.6) is 11.5 Å². The summed E-state index contributed by atoms with van der Waals surface area (Å²) in [6.45, 7) is -0.197. The molecular formula is C9H10O5. The van der Waals surface area contributed by atoms with Crippen molar-refractivity contribution in [2.75, 3.05) is 6.61 Å². The molecule has 1 aromatic carbocycles. The molecular weight excluding hydrogens is 188 g/mol. The van der Waals surface area contributed by atoms with Crippen molar-refractivity contribution < 1.29 is 25.2 Å². The van der Waals surface area contributed by atoms with Gasteiger partial charge in [0, 0.05) is 12.7 Å². The van der Waals surface area contributed by atoms with E-state index in [0.717, 1.165) is 12.1 Å². The third-order valence-electron chi connectivity index (χ3n) is 1.81. The number of aromatic hydroxyl groups is 2. The van der Waals surface area contributed by atoms with E-state index < -0.39 is 11.7 Å². The van der Waals surface area contributed by atoms with Gasteiger partial charge in [-0.2, -0.15) is 0 Å². The fraction of sp³-hybridized carbons (Fsp3) is 0.222. The molecule has 0 saturated carbocycles. The Morgan fingerprint density at radius 1 is 1.21 bits per heavy atom. The van der Waals surface area contributed by atoms with Gasteiger partial charge in [-0.25, -0.2) is 4.79 Å². The second-order valence-corrected chi connectivity index (χ2v) is 2.78. The van der Waals surface area contributed by atoms with Gasteiger partial charge in [0.2, 0.25) is 0 Å². The lowest BCUT2D eigenvalue weighted by molar-refractivity contribution is 0.0693. The number of aromatic carboxylic acids is 1. The maximum absolute atomic E-state index is 10.6. The minimum Gasteiger partial charge on any atom is -0.508 e. The van der Waals surface area contributed by atoms with E-state index in [1.165, 1.54) is 0 Å². The average molecular weight is 198 g/mol. The number of rotatable bonds is 3. The molecule has 0 aliphatic heterocycles. The van der Waals surface area contributed by atoms with Gasteiger partial charge in [-0.3, -0.25) is 0 Å². The first-order valence-electron chi connectivity index (χ1n) is 3.95. The predicted molar refractivity (Wildman–Crippen MR) is 47.5 cm³/mol. The van der Waals surface area contributed by atoms with Gasteiger partial charge in [-0.1, -0.05) is 0 Å². The molecule has 0 heterocycles. The number of carboxylic acids is 1. The number of aliphatic hydroxyl groups is 1. The number of carbonyl (C=O) groups is 1. The Morgan fingerprint density at radius 2 is 1.86 bits per heavy atom. The van der Waals surface area contributed by atoms with Crippen LogP contribution in [0.2, 0.25) is 0 Å². The first-order valence-corrected chi connectivity index (χ1v) is 3.95. The van der Waals surface area contributed by atoms with Crippen molar-refractivity contribution in [1.29, 1.82) is 0 Å². The highest BCUT2D eigenvalue weighted by Crippen LogP contribution is 2.27. The molecule has 0 atom stereocenters. The van der Waals surface area contributed by atoms with E-state index in [-0.39, 0.29) is 24.3 Å². The Balaban J connectivity index is 3.20. The van der Waals surface area contributed by atoms with Crippen LogP contribution in [0, 0.1) is 0 Å². The molecule has 0 spiro atoms. The molecule has 0 bridgehead atoms. The van der Waals surface area contributed by atoms with Gasteiger partial charge in [0.1, 0.15) is 17.1 Å². The minimum absolute atomic E-state index is 0.145. The zero-order valence-corrected chi connectivity index (χ0v) is 7.27. The molecule has 0 aromatic heterocycles. The van der Waals surface area contributed by atoms with Gasteiger partial charge in [0.15, 0.2) is 0 Å². The summed E-state index contributed by atoms with van der Waals surface area (Å²) in [5.41, 5.74) is 0.00829. The molecule has 4 N–H and O–H groups in total. The van der Waals surface area contributed by atoms with Gasteiger partial charge in [-0.05, 0) is 18.1 Å². The Labute approximate surface area is 79.9 Å². The van der Waals surface area contributed by atoms with Crippen molar-refractivity contribution in [2.24, 2.45) is 0 Å². The largest absolute Gasteiger partial charge is 0.508 e. The first-order chi connectivity index (χ1) is 6.56. The summed E-state index contributed by atoms with van der Waals surface area (Å²) in [6.07, 6.45) is 0.145. The molecule has 76 valence electrons. The van der Waals surface area contributed by atoms with Gasteiger partial charge < -0.3 is 20.4 Å². The molecule has 0 amide bonds. The molecule has 0 aliphatic carbocycles. The lowest BCUT2D eigenvalue weighted by Gasteiger charge is -2.06. The maximum Gasteiger partial charge on any atom is 0.339 e. The van der Waals surface area contributed by atoms with Crippen molar-refractivity contribution in [3.63, 3.8) is 0 Å². The zero-order valence-electron chi connectivity index (χ0n) is 7.27. The molecule has 1 aromatic rings. The number of hydrogen-bond acceptors (Lipinski definition) is 4. The molecule has 0 unspecified atom stereocenters. The molecule has 0 fully saturated rings. The van der Waals surface area contributed by atoms with Crippen molar-refractivity contribution in [2.45, 2.75) is 6.42 Å². The van der Waals surface area contributed by atoms with Gasteiger partial charge in [-0.15, -0.1) is 0 Å². The van der Waals surface area contributed by atoms with Crippen LogP contribution >= 0.6 is 0 Å². The highest BCUT2D eigenvalue weighted by atomic mass is 16.4. The molecule has 0 radical (unpaired) electrons. The van der Waals surface area contributed by atoms with Crippen LogP contribution in [0.4, 0.5) is 0 Å². The van der Waals surface area contributed by atoms with Crippen LogP contribution in [0.15, 0.2) is 12.1 Å². The predicted octanol–water partition coefficient (Wildman–Crippen LogP) is 0.331. The van der Waals surface area contributed by atoms with Gasteiger partial charge in [0.05, 0.1) is 0 Å². The molecule has 14 heavy (non-hydrogen) atoms. The van der Waals surface area contributed by atoms with E-state index in [2.05, 4.69) is 0 Å². The normalized spacial score (nSPS) is 10.1. The molecule has 0 aliphatic rings. The fourth-order valence-electron chi connectivity index (χ4n) is 1.11. The third-order valence-corrected chi connectivity index (χ3v) is 1.81. The first kappa shape index (κ1) is 10.3. The number of hydrogen-bond donors (Lipinski definition) is 4. The standard InChI is InChI=1S/C9H10O5/c10-2-1-5-3-6(9(13)14)8(12)4-7(5)11/h3-4,10-12H,1-2H2,(H,13,14). The van der Waals surface area contributed by atoms with Crippen LogP contribution in [0.1, 0.15) is 15.9 Å². The summed E-state index contributed by atoms with van der Waals surface area (Å²) in [5, 5.41) is 35.7. The third kappa shape index (κ3) is 1.94. The zero-order chi connectivity index (χ0) is 10.7. The Bertz CT molecular complexity index is 358. The van der Waals surface area contributed by atoms with Crippen molar-refractivity contribution in [3.05, 3.63) is 23.3 Å². The van der Waals surface area contributed by atoms with Crippen LogP contribution in [-0.2, 0) is 6.42 Å². The SMILES string of the molecule is O=C(O)c1cc(CCO)c(O)cc1O. The molecule has 0 saturated heterocycles. The van der Waals surface area contributed by atoms with E-state index in [9.17, 15) is 9.90 Å². The Morgan fingerprint density at radius 3 is 2.36 bits per heavy atom. The lowest BCUT2D eigenvalue weighted by Crippen LogP contribution is -2.00. The number of phenols is 2. The highest BCUT2D eigenvalue weighted by molar-refractivity contribution is 5.91. The van der Waals surface area contributed by atoms with Crippen LogP contribution in [-0.4, -0.2) is 33.0 Å². The summed E-state index contributed by atoms with van der Waals surface area (Å²) in [7, 11) is 0.